The smallest absolute Gasteiger partial charge is 0.221 e. The lowest BCUT2D eigenvalue weighted by Gasteiger charge is -2.10. The highest BCUT2D eigenvalue weighted by molar-refractivity contribution is 5.76. The fraction of sp³-hybridized carbons (Fsp3) is 0.333. The zero-order valence-electron chi connectivity index (χ0n) is 11.7. The van der Waals surface area contributed by atoms with Crippen LogP contribution in [0.2, 0.25) is 0 Å². The number of amides is 1. The van der Waals surface area contributed by atoms with Crippen LogP contribution in [0.1, 0.15) is 25.3 Å². The van der Waals surface area contributed by atoms with Gasteiger partial charge >= 0.3 is 0 Å². The normalized spacial score (nSPS) is 12.1. The Hall–Kier alpha value is -2.14. The summed E-state index contributed by atoms with van der Waals surface area (Å²) in [5, 5.41) is 5.80. The molecule has 5 nitrogen and oxygen atoms in total. The van der Waals surface area contributed by atoms with Crippen LogP contribution in [0, 0.1) is 0 Å². The van der Waals surface area contributed by atoms with Gasteiger partial charge in [-0.15, -0.1) is 0 Å². The largest absolute Gasteiger partial charge is 0.438 e. The molecule has 1 aromatic heterocycles. The zero-order chi connectivity index (χ0) is 14.4. The van der Waals surface area contributed by atoms with Crippen molar-refractivity contribution in [3.8, 4) is 11.3 Å². The number of hydrogen-bond acceptors (Lipinski definition) is 4. The molecule has 0 saturated carbocycles. The van der Waals surface area contributed by atoms with Crippen molar-refractivity contribution in [3.05, 3.63) is 42.4 Å². The summed E-state index contributed by atoms with van der Waals surface area (Å²) in [5.74, 6) is 1.20. The summed E-state index contributed by atoms with van der Waals surface area (Å²) in [6.45, 7) is 2.51. The number of carbonyl (C=O) groups excluding carboxylic acids is 1. The fourth-order valence-corrected chi connectivity index (χ4v) is 1.84. The van der Waals surface area contributed by atoms with Gasteiger partial charge in [-0.25, -0.2) is 4.98 Å². The molecule has 5 heteroatoms. The van der Waals surface area contributed by atoms with Crippen LogP contribution < -0.4 is 10.6 Å². The van der Waals surface area contributed by atoms with Crippen LogP contribution in [0.25, 0.3) is 11.3 Å². The van der Waals surface area contributed by atoms with E-state index >= 15 is 0 Å². The van der Waals surface area contributed by atoms with E-state index in [1.54, 1.807) is 6.20 Å². The third kappa shape index (κ3) is 3.68. The van der Waals surface area contributed by atoms with Gasteiger partial charge in [0, 0.05) is 18.5 Å². The van der Waals surface area contributed by atoms with Crippen molar-refractivity contribution in [1.29, 1.82) is 0 Å². The quantitative estimate of drug-likeness (QED) is 0.846. The Balaban J connectivity index is 2.00. The summed E-state index contributed by atoms with van der Waals surface area (Å²) in [6, 6.07) is 9.52. The highest BCUT2D eigenvalue weighted by Crippen LogP contribution is 2.22. The second-order valence-electron chi connectivity index (χ2n) is 4.57. The van der Waals surface area contributed by atoms with E-state index in [1.807, 2.05) is 44.3 Å². The first kappa shape index (κ1) is 14.3. The van der Waals surface area contributed by atoms with E-state index in [1.165, 1.54) is 0 Å². The van der Waals surface area contributed by atoms with Crippen molar-refractivity contribution in [2.75, 3.05) is 13.6 Å². The topological polar surface area (TPSA) is 67.2 Å². The molecule has 2 N–H and O–H groups in total. The van der Waals surface area contributed by atoms with Gasteiger partial charge < -0.3 is 15.1 Å². The van der Waals surface area contributed by atoms with Gasteiger partial charge in [-0.2, -0.15) is 0 Å². The summed E-state index contributed by atoms with van der Waals surface area (Å²) in [5.41, 5.74) is 0.972. The molecule has 1 aromatic carbocycles. The Morgan fingerprint density at radius 3 is 2.80 bits per heavy atom. The highest BCUT2D eigenvalue weighted by Gasteiger charge is 2.15. The Kier molecular flexibility index (Phi) is 4.90. The van der Waals surface area contributed by atoms with Crippen LogP contribution in [0.15, 0.2) is 40.9 Å². The van der Waals surface area contributed by atoms with E-state index in [9.17, 15) is 4.79 Å². The summed E-state index contributed by atoms with van der Waals surface area (Å²) < 4.78 is 5.70. The molecule has 20 heavy (non-hydrogen) atoms. The lowest BCUT2D eigenvalue weighted by molar-refractivity contribution is -0.121. The first-order chi connectivity index (χ1) is 9.70. The monoisotopic (exact) mass is 273 g/mol. The minimum absolute atomic E-state index is 0.0219. The van der Waals surface area contributed by atoms with Crippen molar-refractivity contribution < 1.29 is 9.21 Å². The number of nitrogens with one attached hydrogen (secondary N) is 2. The summed E-state index contributed by atoms with van der Waals surface area (Å²) in [4.78, 5) is 15.9. The van der Waals surface area contributed by atoms with Crippen LogP contribution in [-0.4, -0.2) is 24.5 Å². The molecule has 1 atom stereocenters. The van der Waals surface area contributed by atoms with E-state index in [4.69, 9.17) is 4.42 Å². The van der Waals surface area contributed by atoms with Crippen molar-refractivity contribution in [2.45, 2.75) is 19.4 Å². The molecule has 0 bridgehead atoms. The minimum atomic E-state index is -0.239. The second-order valence-corrected chi connectivity index (χ2v) is 4.57. The second kappa shape index (κ2) is 6.86. The maximum atomic E-state index is 11.6. The molecule has 0 spiro atoms. The number of aromatic nitrogens is 1. The van der Waals surface area contributed by atoms with Gasteiger partial charge in [0.25, 0.3) is 0 Å². The van der Waals surface area contributed by atoms with E-state index in [-0.39, 0.29) is 11.9 Å². The predicted octanol–water partition coefficient (Wildman–Crippen LogP) is 2.13. The molecule has 0 radical (unpaired) electrons. The summed E-state index contributed by atoms with van der Waals surface area (Å²) in [7, 11) is 1.82. The van der Waals surface area contributed by atoms with Gasteiger partial charge in [0.05, 0.1) is 6.20 Å². The van der Waals surface area contributed by atoms with Crippen LogP contribution >= 0.6 is 0 Å². The van der Waals surface area contributed by atoms with Gasteiger partial charge in [-0.05, 0) is 14.0 Å². The van der Waals surface area contributed by atoms with Gasteiger partial charge in [-0.1, -0.05) is 30.3 Å². The third-order valence-electron chi connectivity index (χ3n) is 2.93. The molecule has 1 unspecified atom stereocenters. The van der Waals surface area contributed by atoms with Crippen molar-refractivity contribution in [2.24, 2.45) is 0 Å². The van der Waals surface area contributed by atoms with E-state index in [0.717, 1.165) is 5.56 Å². The number of benzene rings is 1. The molecule has 2 aromatic rings. The standard InChI is InChI=1S/C15H19N3O2/c1-11(18-14(19)8-9-16-2)15-17-10-13(20-15)12-6-4-3-5-7-12/h3-7,10-11,16H,8-9H2,1-2H3,(H,18,19). The van der Waals surface area contributed by atoms with Crippen molar-refractivity contribution >= 4 is 5.91 Å². The summed E-state index contributed by atoms with van der Waals surface area (Å²) >= 11 is 0. The maximum absolute atomic E-state index is 11.6. The van der Waals surface area contributed by atoms with E-state index in [2.05, 4.69) is 15.6 Å². The number of hydrogen-bond donors (Lipinski definition) is 2. The molecule has 106 valence electrons. The lowest BCUT2D eigenvalue weighted by atomic mass is 10.2. The Bertz CT molecular complexity index is 551. The van der Waals surface area contributed by atoms with Gasteiger partial charge in [0.1, 0.15) is 6.04 Å². The highest BCUT2D eigenvalue weighted by atomic mass is 16.4. The van der Waals surface area contributed by atoms with E-state index in [0.29, 0.717) is 24.6 Å². The lowest BCUT2D eigenvalue weighted by Crippen LogP contribution is -2.29. The fourth-order valence-electron chi connectivity index (χ4n) is 1.84. The van der Waals surface area contributed by atoms with Crippen LogP contribution in [0.5, 0.6) is 0 Å². The molecular weight excluding hydrogens is 254 g/mol. The number of oxazole rings is 1. The molecule has 1 amide bonds. The van der Waals surface area contributed by atoms with Crippen molar-refractivity contribution in [1.82, 2.24) is 15.6 Å². The number of nitrogens with zero attached hydrogens (tertiary/aromatic N) is 1. The van der Waals surface area contributed by atoms with Crippen LogP contribution in [0.4, 0.5) is 0 Å². The minimum Gasteiger partial charge on any atom is -0.438 e. The molecule has 2 rings (SSSR count). The van der Waals surface area contributed by atoms with Gasteiger partial charge in [-0.3, -0.25) is 4.79 Å². The average Bonchev–Trinajstić information content (AvgIpc) is 2.96. The maximum Gasteiger partial charge on any atom is 0.221 e. The van der Waals surface area contributed by atoms with Crippen LogP contribution in [-0.2, 0) is 4.79 Å². The first-order valence-corrected chi connectivity index (χ1v) is 6.66. The Morgan fingerprint density at radius 1 is 1.35 bits per heavy atom. The van der Waals surface area contributed by atoms with E-state index < -0.39 is 0 Å². The molecule has 0 aliphatic heterocycles. The Morgan fingerprint density at radius 2 is 2.10 bits per heavy atom. The number of rotatable bonds is 6. The Labute approximate surface area is 118 Å². The molecule has 1 heterocycles. The molecule has 0 aliphatic carbocycles. The zero-order valence-corrected chi connectivity index (χ0v) is 11.7. The number of carbonyl (C=O) groups is 1. The van der Waals surface area contributed by atoms with Crippen molar-refractivity contribution in [3.63, 3.8) is 0 Å². The molecule has 0 fully saturated rings. The van der Waals surface area contributed by atoms with Gasteiger partial charge in [0.15, 0.2) is 5.76 Å². The average molecular weight is 273 g/mol. The summed E-state index contributed by atoms with van der Waals surface area (Å²) in [6.07, 6.45) is 2.12. The molecular formula is C15H19N3O2. The van der Waals surface area contributed by atoms with Crippen LogP contribution in [0.3, 0.4) is 0 Å². The molecule has 0 aliphatic rings. The SMILES string of the molecule is CNCCC(=O)NC(C)c1ncc(-c2ccccc2)o1. The van der Waals surface area contributed by atoms with Gasteiger partial charge in [0.2, 0.25) is 11.8 Å². The first-order valence-electron chi connectivity index (χ1n) is 6.66. The third-order valence-corrected chi connectivity index (χ3v) is 2.93. The predicted molar refractivity (Wildman–Crippen MR) is 77.0 cm³/mol. The molecule has 0 saturated heterocycles.